The van der Waals surface area contributed by atoms with Gasteiger partial charge in [-0.1, -0.05) is 18.2 Å². The number of fused-ring (bicyclic) bond motifs is 1. The van der Waals surface area contributed by atoms with E-state index < -0.39 is 27.6 Å². The Hall–Kier alpha value is -2.18. The van der Waals surface area contributed by atoms with Gasteiger partial charge in [0.15, 0.2) is 5.75 Å². The second-order valence-corrected chi connectivity index (χ2v) is 8.90. The van der Waals surface area contributed by atoms with Crippen molar-refractivity contribution in [2.45, 2.75) is 43.6 Å². The summed E-state index contributed by atoms with van der Waals surface area (Å²) in [7, 11) is -1.33. The lowest BCUT2D eigenvalue weighted by Crippen LogP contribution is -2.42. The van der Waals surface area contributed by atoms with Gasteiger partial charge in [0.1, 0.15) is 0 Å². The Morgan fingerprint density at radius 2 is 1.81 bits per heavy atom. The Bertz CT molecular complexity index is 937. The predicted molar refractivity (Wildman–Crippen MR) is 105 cm³/mol. The van der Waals surface area contributed by atoms with Crippen molar-refractivity contribution in [3.05, 3.63) is 63.3 Å². The summed E-state index contributed by atoms with van der Waals surface area (Å²) in [6.07, 6.45) is 1.44. The van der Waals surface area contributed by atoms with E-state index in [0.717, 1.165) is 5.56 Å². The van der Waals surface area contributed by atoms with Gasteiger partial charge in [-0.2, -0.15) is 0 Å². The molecule has 2 aromatic rings. The van der Waals surface area contributed by atoms with E-state index >= 15 is 0 Å². The number of aryl methyl sites for hydroxylation is 1. The minimum absolute atomic E-state index is 0.110. The summed E-state index contributed by atoms with van der Waals surface area (Å²) in [5.41, 5.74) is 0.218. The maximum Gasteiger partial charge on any atom is 0.224 e. The van der Waals surface area contributed by atoms with E-state index in [0.29, 0.717) is 35.3 Å². The largest absolute Gasteiger partial charge is 0.504 e. The molecule has 1 aliphatic carbocycles. The molecule has 0 aliphatic heterocycles. The van der Waals surface area contributed by atoms with Crippen LogP contribution < -0.4 is 5.43 Å². The van der Waals surface area contributed by atoms with Crippen LogP contribution in [-0.4, -0.2) is 30.9 Å². The van der Waals surface area contributed by atoms with Gasteiger partial charge < -0.3 is 15.3 Å². The predicted octanol–water partition coefficient (Wildman–Crippen LogP) is 2.43. The molecule has 3 rings (SSSR count). The minimum atomic E-state index is -1.33. The summed E-state index contributed by atoms with van der Waals surface area (Å²) in [5.74, 6) is -1.06. The molecule has 1 aliphatic rings. The van der Waals surface area contributed by atoms with Crippen molar-refractivity contribution in [3.8, 4) is 11.5 Å². The molecule has 0 saturated heterocycles. The molecule has 5 nitrogen and oxygen atoms in total. The van der Waals surface area contributed by atoms with Gasteiger partial charge in [-0.3, -0.25) is 9.00 Å². The first-order chi connectivity index (χ1) is 12.7. The van der Waals surface area contributed by atoms with Crippen molar-refractivity contribution in [1.29, 1.82) is 0 Å². The quantitative estimate of drug-likeness (QED) is 0.748. The topological polar surface area (TPSA) is 94.8 Å². The van der Waals surface area contributed by atoms with Gasteiger partial charge in [0.25, 0.3) is 0 Å². The molecule has 0 heterocycles. The van der Waals surface area contributed by atoms with Crippen LogP contribution in [-0.2, 0) is 23.6 Å². The Labute approximate surface area is 160 Å². The van der Waals surface area contributed by atoms with Gasteiger partial charge in [0, 0.05) is 10.5 Å². The standard InChI is InChI=1S/C21H24O5S/c1-13-10-18(22)20(24)19(23)16-9-8-14(11-17(13)16)21(2,25)12-27(26)15-6-4-3-5-7-15/h3-7,10,14,25H,8-9,11-12H2,1-2H3,(H2,22,23,24). The molecule has 0 saturated carbocycles. The average Bonchev–Trinajstić information content (AvgIpc) is 2.73. The third-order valence-corrected chi connectivity index (χ3v) is 7.08. The first kappa shape index (κ1) is 19.6. The number of hydrogen-bond acceptors (Lipinski definition) is 5. The zero-order valence-corrected chi connectivity index (χ0v) is 16.3. The summed E-state index contributed by atoms with van der Waals surface area (Å²) >= 11 is 0. The lowest BCUT2D eigenvalue weighted by molar-refractivity contribution is 0.0147. The van der Waals surface area contributed by atoms with Crippen molar-refractivity contribution < 1.29 is 19.5 Å². The Kier molecular flexibility index (Phi) is 5.40. The van der Waals surface area contributed by atoms with Crippen LogP contribution in [0, 0.1) is 12.8 Å². The van der Waals surface area contributed by atoms with E-state index in [9.17, 15) is 24.3 Å². The lowest BCUT2D eigenvalue weighted by Gasteiger charge is -2.36. The third-order valence-electron chi connectivity index (χ3n) is 5.43. The Balaban J connectivity index is 1.89. The van der Waals surface area contributed by atoms with E-state index in [1.807, 2.05) is 18.2 Å². The van der Waals surface area contributed by atoms with Crippen LogP contribution >= 0.6 is 0 Å². The van der Waals surface area contributed by atoms with Gasteiger partial charge in [-0.25, -0.2) is 0 Å². The molecule has 27 heavy (non-hydrogen) atoms. The van der Waals surface area contributed by atoms with Gasteiger partial charge in [-0.05, 0) is 68.4 Å². The van der Waals surface area contributed by atoms with Crippen LogP contribution in [0.1, 0.15) is 30.0 Å². The highest BCUT2D eigenvalue weighted by atomic mass is 32.2. The molecule has 6 heteroatoms. The maximum absolute atomic E-state index is 12.6. The summed E-state index contributed by atoms with van der Waals surface area (Å²) in [6.45, 7) is 3.45. The summed E-state index contributed by atoms with van der Waals surface area (Å²) in [6, 6.07) is 10.4. The number of rotatable bonds is 4. The smallest absolute Gasteiger partial charge is 0.224 e. The fourth-order valence-corrected chi connectivity index (χ4v) is 5.18. The first-order valence-corrected chi connectivity index (χ1v) is 10.3. The highest BCUT2D eigenvalue weighted by Crippen LogP contribution is 2.39. The zero-order valence-electron chi connectivity index (χ0n) is 15.4. The van der Waals surface area contributed by atoms with Crippen LogP contribution in [0.15, 0.2) is 46.1 Å². The van der Waals surface area contributed by atoms with Gasteiger partial charge in [0.2, 0.25) is 11.2 Å². The van der Waals surface area contributed by atoms with E-state index in [4.69, 9.17) is 0 Å². The molecule has 0 bridgehead atoms. The molecular weight excluding hydrogens is 364 g/mol. The van der Waals surface area contributed by atoms with Crippen LogP contribution in [0.4, 0.5) is 0 Å². The average molecular weight is 388 g/mol. The number of aliphatic hydroxyl groups is 1. The second kappa shape index (κ2) is 7.44. The molecule has 3 N–H and O–H groups in total. The molecule has 0 amide bonds. The molecule has 0 radical (unpaired) electrons. The van der Waals surface area contributed by atoms with Crippen LogP contribution in [0.2, 0.25) is 0 Å². The van der Waals surface area contributed by atoms with Crippen LogP contribution in [0.5, 0.6) is 11.5 Å². The van der Waals surface area contributed by atoms with Gasteiger partial charge >= 0.3 is 0 Å². The molecule has 0 aromatic heterocycles. The third kappa shape index (κ3) is 3.92. The Morgan fingerprint density at radius 3 is 2.48 bits per heavy atom. The lowest BCUT2D eigenvalue weighted by atomic mass is 9.75. The van der Waals surface area contributed by atoms with Crippen molar-refractivity contribution >= 4 is 10.8 Å². The van der Waals surface area contributed by atoms with Crippen molar-refractivity contribution in [2.75, 3.05) is 5.75 Å². The van der Waals surface area contributed by atoms with Crippen LogP contribution in [0.25, 0.3) is 0 Å². The highest BCUT2D eigenvalue weighted by molar-refractivity contribution is 7.85. The molecule has 3 unspecified atom stereocenters. The number of benzene rings is 1. The molecule has 3 atom stereocenters. The SMILES string of the molecule is Cc1cc(=O)c(O)c(O)c2c1CC(C(C)(O)CS(=O)c1ccccc1)CC2. The van der Waals surface area contributed by atoms with E-state index in [1.54, 1.807) is 26.0 Å². The fraction of sp³-hybridized carbons (Fsp3) is 0.381. The van der Waals surface area contributed by atoms with Crippen LogP contribution in [0.3, 0.4) is 0 Å². The summed E-state index contributed by atoms with van der Waals surface area (Å²) < 4.78 is 12.6. The zero-order chi connectivity index (χ0) is 19.8. The normalized spacial score (nSPS) is 19.7. The second-order valence-electron chi connectivity index (χ2n) is 7.45. The summed E-state index contributed by atoms with van der Waals surface area (Å²) in [5, 5.41) is 31.2. The summed E-state index contributed by atoms with van der Waals surface area (Å²) in [4.78, 5) is 12.6. The molecule has 0 fully saturated rings. The molecule has 144 valence electrons. The van der Waals surface area contributed by atoms with E-state index in [-0.39, 0.29) is 17.4 Å². The fourth-order valence-electron chi connectivity index (χ4n) is 3.78. The van der Waals surface area contributed by atoms with E-state index in [2.05, 4.69) is 0 Å². The monoisotopic (exact) mass is 388 g/mol. The van der Waals surface area contributed by atoms with Crippen molar-refractivity contribution in [2.24, 2.45) is 5.92 Å². The molecular formula is C21H24O5S. The van der Waals surface area contributed by atoms with Gasteiger partial charge in [-0.15, -0.1) is 0 Å². The molecule has 2 aromatic carbocycles. The molecule has 0 spiro atoms. The number of aromatic hydroxyl groups is 2. The van der Waals surface area contributed by atoms with Crippen molar-refractivity contribution in [1.82, 2.24) is 0 Å². The first-order valence-electron chi connectivity index (χ1n) is 8.94. The Morgan fingerprint density at radius 1 is 1.15 bits per heavy atom. The maximum atomic E-state index is 12.6. The van der Waals surface area contributed by atoms with Crippen molar-refractivity contribution in [3.63, 3.8) is 0 Å². The highest BCUT2D eigenvalue weighted by Gasteiger charge is 2.37. The van der Waals surface area contributed by atoms with Gasteiger partial charge in [0.05, 0.1) is 22.2 Å². The van der Waals surface area contributed by atoms with E-state index in [1.165, 1.54) is 6.07 Å². The number of hydrogen-bond donors (Lipinski definition) is 3. The minimum Gasteiger partial charge on any atom is -0.504 e.